The Kier molecular flexibility index (Phi) is 5.28. The lowest BCUT2D eigenvalue weighted by molar-refractivity contribution is 0.628. The van der Waals surface area contributed by atoms with Gasteiger partial charge < -0.3 is 5.32 Å². The van der Waals surface area contributed by atoms with Crippen molar-refractivity contribution in [2.24, 2.45) is 0 Å². The van der Waals surface area contributed by atoms with Crippen molar-refractivity contribution in [2.45, 2.75) is 38.1 Å². The topological polar surface area (TPSA) is 12.0 Å². The quantitative estimate of drug-likeness (QED) is 0.747. The molecule has 0 bridgehead atoms. The maximum absolute atomic E-state index is 6.15. The minimum absolute atomic E-state index is 0.290. The van der Waals surface area contributed by atoms with E-state index in [2.05, 4.69) is 39.5 Å². The SMILES string of the molecule is CNC(C1=CCCCCC1)c1cc(Cl)cc(Br)c1. The van der Waals surface area contributed by atoms with E-state index in [0.717, 1.165) is 9.50 Å². The van der Waals surface area contributed by atoms with Gasteiger partial charge in [0.25, 0.3) is 0 Å². The highest BCUT2D eigenvalue weighted by molar-refractivity contribution is 9.10. The summed E-state index contributed by atoms with van der Waals surface area (Å²) in [6.45, 7) is 0. The van der Waals surface area contributed by atoms with Crippen molar-refractivity contribution in [1.29, 1.82) is 0 Å². The largest absolute Gasteiger partial charge is 0.310 e. The Morgan fingerprint density at radius 1 is 1.22 bits per heavy atom. The lowest BCUT2D eigenvalue weighted by Crippen LogP contribution is -2.18. The Hall–Kier alpha value is -0.310. The lowest BCUT2D eigenvalue weighted by Gasteiger charge is -2.20. The number of likely N-dealkylation sites (N-methyl/N-ethyl adjacent to an activating group) is 1. The van der Waals surface area contributed by atoms with Crippen LogP contribution in [0.1, 0.15) is 43.7 Å². The molecule has 0 aromatic heterocycles. The predicted molar refractivity (Wildman–Crippen MR) is 82.1 cm³/mol. The Morgan fingerprint density at radius 2 is 2.06 bits per heavy atom. The zero-order chi connectivity index (χ0) is 13.0. The average molecular weight is 329 g/mol. The van der Waals surface area contributed by atoms with Crippen molar-refractivity contribution in [1.82, 2.24) is 5.32 Å². The molecule has 2 rings (SSSR count). The highest BCUT2D eigenvalue weighted by atomic mass is 79.9. The molecule has 0 fully saturated rings. The van der Waals surface area contributed by atoms with Crippen molar-refractivity contribution < 1.29 is 0 Å². The Labute approximate surface area is 123 Å². The molecule has 0 radical (unpaired) electrons. The maximum Gasteiger partial charge on any atom is 0.0534 e. The number of hydrogen-bond donors (Lipinski definition) is 1. The molecule has 1 unspecified atom stereocenters. The number of nitrogens with one attached hydrogen (secondary N) is 1. The third kappa shape index (κ3) is 3.59. The van der Waals surface area contributed by atoms with Gasteiger partial charge in [-0.1, -0.05) is 45.6 Å². The van der Waals surface area contributed by atoms with Crippen LogP contribution in [0.2, 0.25) is 5.02 Å². The molecule has 98 valence electrons. The molecule has 1 aliphatic rings. The van der Waals surface area contributed by atoms with Crippen LogP contribution in [0.3, 0.4) is 0 Å². The van der Waals surface area contributed by atoms with Gasteiger partial charge in [-0.05, 0) is 56.5 Å². The number of hydrogen-bond acceptors (Lipinski definition) is 1. The first-order chi connectivity index (χ1) is 8.70. The van der Waals surface area contributed by atoms with Crippen LogP contribution in [-0.2, 0) is 0 Å². The number of allylic oxidation sites excluding steroid dienone is 1. The molecule has 18 heavy (non-hydrogen) atoms. The van der Waals surface area contributed by atoms with E-state index in [0.29, 0.717) is 0 Å². The highest BCUT2D eigenvalue weighted by Crippen LogP contribution is 2.32. The van der Waals surface area contributed by atoms with Gasteiger partial charge in [0.05, 0.1) is 6.04 Å². The van der Waals surface area contributed by atoms with Gasteiger partial charge in [0, 0.05) is 9.50 Å². The van der Waals surface area contributed by atoms with Crippen molar-refractivity contribution in [3.8, 4) is 0 Å². The third-order valence-corrected chi connectivity index (χ3v) is 4.13. The molecule has 0 heterocycles. The van der Waals surface area contributed by atoms with E-state index in [4.69, 9.17) is 11.6 Å². The predicted octanol–water partition coefficient (Wildman–Crippen LogP) is 5.25. The van der Waals surface area contributed by atoms with Gasteiger partial charge in [-0.25, -0.2) is 0 Å². The van der Waals surface area contributed by atoms with Crippen LogP contribution in [0.5, 0.6) is 0 Å². The molecule has 1 nitrogen and oxygen atoms in total. The van der Waals surface area contributed by atoms with Gasteiger partial charge in [-0.3, -0.25) is 0 Å². The summed E-state index contributed by atoms with van der Waals surface area (Å²) < 4.78 is 1.04. The second kappa shape index (κ2) is 6.74. The molecule has 0 spiro atoms. The van der Waals surface area contributed by atoms with E-state index in [1.165, 1.54) is 43.2 Å². The molecule has 1 N–H and O–H groups in total. The average Bonchev–Trinajstić information content (AvgIpc) is 2.58. The van der Waals surface area contributed by atoms with Gasteiger partial charge in [0.1, 0.15) is 0 Å². The Bertz CT molecular complexity index is 422. The van der Waals surface area contributed by atoms with E-state index >= 15 is 0 Å². The molecule has 0 aliphatic heterocycles. The highest BCUT2D eigenvalue weighted by Gasteiger charge is 2.16. The summed E-state index contributed by atoms with van der Waals surface area (Å²) in [4.78, 5) is 0. The summed E-state index contributed by atoms with van der Waals surface area (Å²) in [6, 6.07) is 6.43. The minimum atomic E-state index is 0.290. The summed E-state index contributed by atoms with van der Waals surface area (Å²) in [5.74, 6) is 0. The number of halogens is 2. The Morgan fingerprint density at radius 3 is 2.78 bits per heavy atom. The van der Waals surface area contributed by atoms with Crippen LogP contribution in [-0.4, -0.2) is 7.05 Å². The molecule has 0 saturated heterocycles. The van der Waals surface area contributed by atoms with Crippen molar-refractivity contribution in [3.63, 3.8) is 0 Å². The molecule has 1 aliphatic carbocycles. The summed E-state index contributed by atoms with van der Waals surface area (Å²) in [7, 11) is 2.02. The zero-order valence-corrected chi connectivity index (χ0v) is 13.0. The van der Waals surface area contributed by atoms with Gasteiger partial charge in [-0.15, -0.1) is 0 Å². The van der Waals surface area contributed by atoms with Gasteiger partial charge in [0.2, 0.25) is 0 Å². The fourth-order valence-electron chi connectivity index (χ4n) is 2.61. The first-order valence-electron chi connectivity index (χ1n) is 6.53. The number of rotatable bonds is 3. The van der Waals surface area contributed by atoms with Crippen molar-refractivity contribution in [3.05, 3.63) is 44.9 Å². The zero-order valence-electron chi connectivity index (χ0n) is 10.7. The summed E-state index contributed by atoms with van der Waals surface area (Å²) in [5, 5.41) is 4.21. The monoisotopic (exact) mass is 327 g/mol. The van der Waals surface area contributed by atoms with Gasteiger partial charge in [0.15, 0.2) is 0 Å². The second-order valence-electron chi connectivity index (χ2n) is 4.80. The lowest BCUT2D eigenvalue weighted by atomic mass is 9.95. The second-order valence-corrected chi connectivity index (χ2v) is 6.15. The van der Waals surface area contributed by atoms with Crippen LogP contribution in [0.4, 0.5) is 0 Å². The standard InChI is InChI=1S/C15H19BrClN/c1-18-15(11-6-4-2-3-5-7-11)12-8-13(16)10-14(17)9-12/h6,8-10,15,18H,2-5,7H2,1H3. The summed E-state index contributed by atoms with van der Waals surface area (Å²) >= 11 is 9.66. The van der Waals surface area contributed by atoms with Crippen LogP contribution in [0.15, 0.2) is 34.3 Å². The Balaban J connectivity index is 2.29. The van der Waals surface area contributed by atoms with Gasteiger partial charge in [-0.2, -0.15) is 0 Å². The summed E-state index contributed by atoms with van der Waals surface area (Å²) in [6.07, 6.45) is 8.76. The van der Waals surface area contributed by atoms with Crippen LogP contribution < -0.4 is 5.32 Å². The van der Waals surface area contributed by atoms with E-state index in [9.17, 15) is 0 Å². The normalized spacial score (nSPS) is 18.1. The maximum atomic E-state index is 6.15. The molecule has 1 atom stereocenters. The van der Waals surface area contributed by atoms with Crippen molar-refractivity contribution in [2.75, 3.05) is 7.05 Å². The van der Waals surface area contributed by atoms with E-state index in [-0.39, 0.29) is 6.04 Å². The van der Waals surface area contributed by atoms with Gasteiger partial charge >= 0.3 is 0 Å². The smallest absolute Gasteiger partial charge is 0.0534 e. The molecule has 1 aromatic rings. The molecule has 1 aromatic carbocycles. The molecule has 3 heteroatoms. The molecular formula is C15H19BrClN. The fraction of sp³-hybridized carbons (Fsp3) is 0.467. The van der Waals surface area contributed by atoms with E-state index in [1.54, 1.807) is 0 Å². The first-order valence-corrected chi connectivity index (χ1v) is 7.70. The molecule has 0 amide bonds. The van der Waals surface area contributed by atoms with E-state index in [1.807, 2.05) is 13.1 Å². The summed E-state index contributed by atoms with van der Waals surface area (Å²) in [5.41, 5.74) is 2.74. The molecular weight excluding hydrogens is 310 g/mol. The van der Waals surface area contributed by atoms with Crippen LogP contribution >= 0.6 is 27.5 Å². The number of benzene rings is 1. The van der Waals surface area contributed by atoms with Crippen LogP contribution in [0, 0.1) is 0 Å². The van der Waals surface area contributed by atoms with Crippen LogP contribution in [0.25, 0.3) is 0 Å². The van der Waals surface area contributed by atoms with Crippen molar-refractivity contribution >= 4 is 27.5 Å². The third-order valence-electron chi connectivity index (χ3n) is 3.45. The first kappa shape index (κ1) is 14.1. The fourth-order valence-corrected chi connectivity index (χ4v) is 3.50. The minimum Gasteiger partial charge on any atom is -0.310 e. The van der Waals surface area contributed by atoms with E-state index < -0.39 is 0 Å². The molecule has 0 saturated carbocycles.